The van der Waals surface area contributed by atoms with Crippen LogP contribution in [0.25, 0.3) is 22.6 Å². The van der Waals surface area contributed by atoms with Crippen LogP contribution in [0.5, 0.6) is 0 Å². The predicted octanol–water partition coefficient (Wildman–Crippen LogP) is 4.13. The number of aliphatic hydroxyl groups is 1. The van der Waals surface area contributed by atoms with Gasteiger partial charge in [-0.3, -0.25) is 0 Å². The summed E-state index contributed by atoms with van der Waals surface area (Å²) >= 11 is 12.6. The van der Waals surface area contributed by atoms with Crippen LogP contribution in [0, 0.1) is 12.3 Å². The fraction of sp³-hybridized carbons (Fsp3) is 0.353. The van der Waals surface area contributed by atoms with Gasteiger partial charge in [0.15, 0.2) is 10.8 Å². The molecule has 0 aliphatic rings. The van der Waals surface area contributed by atoms with E-state index in [4.69, 9.17) is 23.2 Å². The van der Waals surface area contributed by atoms with E-state index >= 15 is 0 Å². The Labute approximate surface area is 150 Å². The number of rotatable bonds is 4. The lowest BCUT2D eigenvalue weighted by atomic mass is 9.94. The summed E-state index contributed by atoms with van der Waals surface area (Å²) in [4.78, 5) is 13.3. The van der Waals surface area contributed by atoms with Crippen molar-refractivity contribution in [2.45, 2.75) is 27.3 Å². The Bertz CT molecular complexity index is 905. The van der Waals surface area contributed by atoms with E-state index in [-0.39, 0.29) is 12.0 Å². The number of aryl methyl sites for hydroxylation is 1. The monoisotopic (exact) mass is 364 g/mol. The Kier molecular flexibility index (Phi) is 4.51. The van der Waals surface area contributed by atoms with Crippen LogP contribution in [-0.4, -0.2) is 31.2 Å². The third kappa shape index (κ3) is 3.11. The van der Waals surface area contributed by atoms with E-state index in [2.05, 4.69) is 15.0 Å². The van der Waals surface area contributed by atoms with Gasteiger partial charge in [0.1, 0.15) is 17.2 Å². The molecule has 0 aliphatic heterocycles. The van der Waals surface area contributed by atoms with Crippen molar-refractivity contribution in [3.63, 3.8) is 0 Å². The minimum absolute atomic E-state index is 0.0342. The summed E-state index contributed by atoms with van der Waals surface area (Å²) in [7, 11) is 0. The number of hydrogen-bond donors (Lipinski definition) is 1. The smallest absolute Gasteiger partial charge is 0.165 e. The van der Waals surface area contributed by atoms with Gasteiger partial charge >= 0.3 is 0 Å². The SMILES string of the molecule is Cc1nc(Cl)c2nc(-c3ccccc3Cl)n(CC(C)(C)CO)c2n1. The number of benzene rings is 1. The zero-order chi connectivity index (χ0) is 17.5. The Morgan fingerprint density at radius 3 is 2.50 bits per heavy atom. The molecule has 0 fully saturated rings. The second kappa shape index (κ2) is 6.31. The molecule has 0 spiro atoms. The van der Waals surface area contributed by atoms with Crippen molar-refractivity contribution < 1.29 is 5.11 Å². The highest BCUT2D eigenvalue weighted by molar-refractivity contribution is 6.34. The first-order chi connectivity index (χ1) is 11.3. The molecule has 0 saturated carbocycles. The van der Waals surface area contributed by atoms with Gasteiger partial charge in [-0.25, -0.2) is 15.0 Å². The highest BCUT2D eigenvalue weighted by Gasteiger charge is 2.25. The summed E-state index contributed by atoms with van der Waals surface area (Å²) in [6.45, 7) is 6.30. The van der Waals surface area contributed by atoms with Gasteiger partial charge in [-0.1, -0.05) is 49.2 Å². The van der Waals surface area contributed by atoms with Crippen LogP contribution < -0.4 is 0 Å². The summed E-state index contributed by atoms with van der Waals surface area (Å²) < 4.78 is 1.95. The molecule has 0 unspecified atom stereocenters. The summed E-state index contributed by atoms with van der Waals surface area (Å²) in [5, 5.41) is 10.6. The summed E-state index contributed by atoms with van der Waals surface area (Å²) in [5.41, 5.74) is 1.61. The van der Waals surface area contributed by atoms with Crippen LogP contribution in [-0.2, 0) is 6.54 Å². The molecule has 2 aromatic heterocycles. The first-order valence-electron chi connectivity index (χ1n) is 7.58. The first-order valence-corrected chi connectivity index (χ1v) is 8.34. The van der Waals surface area contributed by atoms with E-state index in [1.165, 1.54) is 0 Å². The molecule has 3 rings (SSSR count). The van der Waals surface area contributed by atoms with Crippen molar-refractivity contribution in [3.8, 4) is 11.4 Å². The molecule has 2 heterocycles. The standard InChI is InChI=1S/C17H18Cl2N4O/c1-10-20-14(19)13-16(21-10)23(8-17(2,3)9-24)15(22-13)11-6-4-5-7-12(11)18/h4-7,24H,8-9H2,1-3H3. The lowest BCUT2D eigenvalue weighted by Gasteiger charge is -2.23. The number of nitrogens with zero attached hydrogens (tertiary/aromatic N) is 4. The van der Waals surface area contributed by atoms with E-state index < -0.39 is 0 Å². The Hall–Kier alpha value is -1.69. The van der Waals surface area contributed by atoms with Crippen molar-refractivity contribution in [1.82, 2.24) is 19.5 Å². The average Bonchev–Trinajstić information content (AvgIpc) is 2.86. The van der Waals surface area contributed by atoms with E-state index in [1.807, 2.05) is 42.7 Å². The fourth-order valence-corrected chi connectivity index (χ4v) is 3.01. The minimum atomic E-state index is -0.352. The summed E-state index contributed by atoms with van der Waals surface area (Å²) in [6, 6.07) is 7.49. The molecular formula is C17H18Cl2N4O. The molecule has 3 aromatic rings. The number of aliphatic hydroxyl groups excluding tert-OH is 1. The molecule has 24 heavy (non-hydrogen) atoms. The maximum Gasteiger partial charge on any atom is 0.165 e. The van der Waals surface area contributed by atoms with Crippen LogP contribution in [0.3, 0.4) is 0 Å². The zero-order valence-corrected chi connectivity index (χ0v) is 15.2. The lowest BCUT2D eigenvalue weighted by molar-refractivity contribution is 0.142. The molecule has 5 nitrogen and oxygen atoms in total. The van der Waals surface area contributed by atoms with Crippen LogP contribution >= 0.6 is 23.2 Å². The molecule has 0 bridgehead atoms. The maximum absolute atomic E-state index is 9.67. The van der Waals surface area contributed by atoms with Crippen LogP contribution in [0.2, 0.25) is 10.2 Å². The number of hydrogen-bond acceptors (Lipinski definition) is 4. The van der Waals surface area contributed by atoms with Crippen LogP contribution in [0.4, 0.5) is 0 Å². The highest BCUT2D eigenvalue weighted by Crippen LogP contribution is 2.33. The van der Waals surface area contributed by atoms with Gasteiger partial charge in [0, 0.05) is 24.1 Å². The lowest BCUT2D eigenvalue weighted by Crippen LogP contribution is -2.24. The topological polar surface area (TPSA) is 63.8 Å². The van der Waals surface area contributed by atoms with Gasteiger partial charge in [0.2, 0.25) is 0 Å². The largest absolute Gasteiger partial charge is 0.396 e. The van der Waals surface area contributed by atoms with Gasteiger partial charge in [-0.2, -0.15) is 0 Å². The predicted molar refractivity (Wildman–Crippen MR) is 96.4 cm³/mol. The molecule has 7 heteroatoms. The molecule has 1 N–H and O–H groups in total. The molecule has 0 saturated heterocycles. The second-order valence-corrected chi connectivity index (χ2v) is 7.32. The summed E-state index contributed by atoms with van der Waals surface area (Å²) in [5.74, 6) is 1.24. The van der Waals surface area contributed by atoms with Crippen molar-refractivity contribution in [3.05, 3.63) is 40.3 Å². The highest BCUT2D eigenvalue weighted by atomic mass is 35.5. The second-order valence-electron chi connectivity index (χ2n) is 6.56. The number of imidazole rings is 1. The maximum atomic E-state index is 9.67. The van der Waals surface area contributed by atoms with Gasteiger partial charge in [0.25, 0.3) is 0 Å². The number of halogens is 2. The van der Waals surface area contributed by atoms with Gasteiger partial charge in [-0.05, 0) is 19.1 Å². The molecule has 0 aliphatic carbocycles. The number of aromatic nitrogens is 4. The molecule has 0 atom stereocenters. The molecule has 126 valence electrons. The first kappa shape index (κ1) is 17.1. The van der Waals surface area contributed by atoms with Gasteiger partial charge in [-0.15, -0.1) is 0 Å². The third-order valence-electron chi connectivity index (χ3n) is 3.79. The summed E-state index contributed by atoms with van der Waals surface area (Å²) in [6.07, 6.45) is 0. The van der Waals surface area contributed by atoms with E-state index in [0.29, 0.717) is 39.5 Å². The van der Waals surface area contributed by atoms with Crippen LogP contribution in [0.1, 0.15) is 19.7 Å². The average molecular weight is 365 g/mol. The van der Waals surface area contributed by atoms with E-state index in [0.717, 1.165) is 5.56 Å². The van der Waals surface area contributed by atoms with Crippen molar-refractivity contribution >= 4 is 34.4 Å². The van der Waals surface area contributed by atoms with E-state index in [1.54, 1.807) is 6.92 Å². The Balaban J connectivity index is 2.32. The fourth-order valence-electron chi connectivity index (χ4n) is 2.55. The third-order valence-corrected chi connectivity index (χ3v) is 4.39. The van der Waals surface area contributed by atoms with Crippen molar-refractivity contribution in [2.75, 3.05) is 6.61 Å². The normalized spacial score (nSPS) is 12.1. The van der Waals surface area contributed by atoms with E-state index in [9.17, 15) is 5.11 Å². The Morgan fingerprint density at radius 2 is 1.83 bits per heavy atom. The zero-order valence-electron chi connectivity index (χ0n) is 13.7. The van der Waals surface area contributed by atoms with Crippen molar-refractivity contribution in [1.29, 1.82) is 0 Å². The quantitative estimate of drug-likeness (QED) is 0.707. The molecular weight excluding hydrogens is 347 g/mol. The van der Waals surface area contributed by atoms with Crippen molar-refractivity contribution in [2.24, 2.45) is 5.41 Å². The minimum Gasteiger partial charge on any atom is -0.396 e. The van der Waals surface area contributed by atoms with Crippen LogP contribution in [0.15, 0.2) is 24.3 Å². The number of fused-ring (bicyclic) bond motifs is 1. The van der Waals surface area contributed by atoms with Gasteiger partial charge < -0.3 is 9.67 Å². The Morgan fingerprint density at radius 1 is 1.12 bits per heavy atom. The molecule has 0 radical (unpaired) electrons. The van der Waals surface area contributed by atoms with Gasteiger partial charge in [0.05, 0.1) is 5.02 Å². The molecule has 1 aromatic carbocycles. The molecule has 0 amide bonds.